The van der Waals surface area contributed by atoms with Crippen molar-refractivity contribution in [2.24, 2.45) is 5.73 Å². The van der Waals surface area contributed by atoms with Gasteiger partial charge < -0.3 is 10.3 Å². The molecule has 0 saturated carbocycles. The maximum absolute atomic E-state index is 5.65. The summed E-state index contributed by atoms with van der Waals surface area (Å²) in [5.74, 6) is 3.66. The molecule has 0 bridgehead atoms. The topological polar surface area (TPSA) is 64.9 Å². The molecule has 5 heteroatoms. The van der Waals surface area contributed by atoms with Gasteiger partial charge in [0.25, 0.3) is 0 Å². The Bertz CT molecular complexity index is 286. The Balaban J connectivity index is 2.26. The van der Waals surface area contributed by atoms with Crippen molar-refractivity contribution < 1.29 is 4.52 Å². The van der Waals surface area contributed by atoms with Gasteiger partial charge in [-0.15, -0.1) is 0 Å². The molecule has 0 radical (unpaired) electrons. The van der Waals surface area contributed by atoms with Gasteiger partial charge in [0.2, 0.25) is 5.89 Å². The van der Waals surface area contributed by atoms with E-state index in [0.29, 0.717) is 5.92 Å². The van der Waals surface area contributed by atoms with E-state index in [-0.39, 0.29) is 6.04 Å². The van der Waals surface area contributed by atoms with Gasteiger partial charge in [-0.05, 0) is 19.1 Å². The monoisotopic (exact) mass is 229 g/mol. The van der Waals surface area contributed by atoms with Crippen LogP contribution in [-0.4, -0.2) is 21.9 Å². The Morgan fingerprint density at radius 3 is 2.67 bits per heavy atom. The molecule has 86 valence electrons. The van der Waals surface area contributed by atoms with Gasteiger partial charge >= 0.3 is 0 Å². The summed E-state index contributed by atoms with van der Waals surface area (Å²) in [4.78, 5) is 4.30. The van der Waals surface area contributed by atoms with E-state index in [2.05, 4.69) is 10.1 Å². The molecule has 1 atom stereocenters. The maximum atomic E-state index is 5.65. The van der Waals surface area contributed by atoms with Gasteiger partial charge in [0, 0.05) is 12.0 Å². The molecule has 1 heterocycles. The molecule has 1 rings (SSSR count). The summed E-state index contributed by atoms with van der Waals surface area (Å²) in [6.07, 6.45) is 1.03. The minimum Gasteiger partial charge on any atom is -0.339 e. The Kier molecular flexibility index (Phi) is 5.11. The van der Waals surface area contributed by atoms with Crippen LogP contribution in [0.2, 0.25) is 0 Å². The maximum Gasteiger partial charge on any atom is 0.229 e. The van der Waals surface area contributed by atoms with E-state index in [4.69, 9.17) is 10.3 Å². The summed E-state index contributed by atoms with van der Waals surface area (Å²) in [6, 6.07) is 0.272. The largest absolute Gasteiger partial charge is 0.339 e. The number of nitrogens with zero attached hydrogens (tertiary/aromatic N) is 2. The van der Waals surface area contributed by atoms with Crippen LogP contribution in [0, 0.1) is 0 Å². The third-order valence-corrected chi connectivity index (χ3v) is 2.91. The standard InChI is InChI=1S/C10H19N3OS/c1-7(2)10-12-9(13-14-10)6-15-5-4-8(3)11/h7-8H,4-6,11H2,1-3H3. The van der Waals surface area contributed by atoms with Gasteiger partial charge in [-0.3, -0.25) is 0 Å². The van der Waals surface area contributed by atoms with Crippen molar-refractivity contribution in [3.05, 3.63) is 11.7 Å². The Morgan fingerprint density at radius 2 is 2.13 bits per heavy atom. The van der Waals surface area contributed by atoms with Crippen molar-refractivity contribution in [2.75, 3.05) is 5.75 Å². The zero-order valence-corrected chi connectivity index (χ0v) is 10.4. The SMILES string of the molecule is CC(N)CCSCc1noc(C(C)C)n1. The van der Waals surface area contributed by atoms with Crippen LogP contribution < -0.4 is 5.73 Å². The van der Waals surface area contributed by atoms with Crippen molar-refractivity contribution in [3.8, 4) is 0 Å². The van der Waals surface area contributed by atoms with Crippen LogP contribution in [0.5, 0.6) is 0 Å². The lowest BCUT2D eigenvalue weighted by Gasteiger charge is -2.02. The van der Waals surface area contributed by atoms with Gasteiger partial charge in [0.05, 0.1) is 5.75 Å². The summed E-state index contributed by atoms with van der Waals surface area (Å²) in [5, 5.41) is 3.92. The van der Waals surface area contributed by atoms with Crippen LogP contribution in [0.25, 0.3) is 0 Å². The fourth-order valence-electron chi connectivity index (χ4n) is 0.993. The quantitative estimate of drug-likeness (QED) is 0.757. The van der Waals surface area contributed by atoms with E-state index >= 15 is 0 Å². The highest BCUT2D eigenvalue weighted by molar-refractivity contribution is 7.98. The zero-order valence-electron chi connectivity index (χ0n) is 9.56. The van der Waals surface area contributed by atoms with Gasteiger partial charge in [-0.25, -0.2) is 0 Å². The molecule has 1 aromatic heterocycles. The first-order valence-electron chi connectivity index (χ1n) is 5.25. The minimum absolute atomic E-state index is 0.272. The third kappa shape index (κ3) is 4.66. The van der Waals surface area contributed by atoms with Crippen LogP contribution in [0.15, 0.2) is 4.52 Å². The summed E-state index contributed by atoms with van der Waals surface area (Å²) >= 11 is 1.79. The van der Waals surface area contributed by atoms with Gasteiger partial charge in [-0.2, -0.15) is 16.7 Å². The summed E-state index contributed by atoms with van der Waals surface area (Å²) in [7, 11) is 0. The van der Waals surface area contributed by atoms with E-state index in [1.807, 2.05) is 20.8 Å². The van der Waals surface area contributed by atoms with Crippen LogP contribution in [0.3, 0.4) is 0 Å². The second kappa shape index (κ2) is 6.12. The molecular weight excluding hydrogens is 210 g/mol. The molecule has 1 unspecified atom stereocenters. The van der Waals surface area contributed by atoms with Crippen molar-refractivity contribution in [2.45, 2.75) is 44.9 Å². The Morgan fingerprint density at radius 1 is 1.40 bits per heavy atom. The van der Waals surface area contributed by atoms with Crippen molar-refractivity contribution in [3.63, 3.8) is 0 Å². The predicted octanol–water partition coefficient (Wildman–Crippen LogP) is 2.16. The predicted molar refractivity (Wildman–Crippen MR) is 62.8 cm³/mol. The van der Waals surface area contributed by atoms with E-state index in [9.17, 15) is 0 Å². The van der Waals surface area contributed by atoms with Gasteiger partial charge in [-0.1, -0.05) is 19.0 Å². The molecule has 0 aromatic carbocycles. The second-order valence-electron chi connectivity index (χ2n) is 4.02. The normalized spacial score (nSPS) is 13.4. The van der Waals surface area contributed by atoms with Crippen molar-refractivity contribution in [1.29, 1.82) is 0 Å². The van der Waals surface area contributed by atoms with E-state index in [1.165, 1.54) is 0 Å². The minimum atomic E-state index is 0.272. The molecule has 0 fully saturated rings. The van der Waals surface area contributed by atoms with Gasteiger partial charge in [0.15, 0.2) is 5.82 Å². The smallest absolute Gasteiger partial charge is 0.229 e. The summed E-state index contributed by atoms with van der Waals surface area (Å²) in [5.41, 5.74) is 5.65. The molecule has 4 nitrogen and oxygen atoms in total. The second-order valence-corrected chi connectivity index (χ2v) is 5.13. The lowest BCUT2D eigenvalue weighted by molar-refractivity contribution is 0.362. The average Bonchev–Trinajstić information content (AvgIpc) is 2.60. The van der Waals surface area contributed by atoms with Crippen LogP contribution in [0.1, 0.15) is 44.8 Å². The molecule has 0 aliphatic rings. The molecule has 0 aliphatic heterocycles. The molecule has 0 saturated heterocycles. The molecule has 0 spiro atoms. The van der Waals surface area contributed by atoms with Crippen molar-refractivity contribution in [1.82, 2.24) is 10.1 Å². The molecular formula is C10H19N3OS. The molecule has 0 amide bonds. The van der Waals surface area contributed by atoms with Gasteiger partial charge in [0.1, 0.15) is 0 Å². The Hall–Kier alpha value is -0.550. The zero-order chi connectivity index (χ0) is 11.3. The van der Waals surface area contributed by atoms with E-state index in [0.717, 1.165) is 29.6 Å². The highest BCUT2D eigenvalue weighted by Crippen LogP contribution is 2.15. The molecule has 0 aliphatic carbocycles. The van der Waals surface area contributed by atoms with E-state index < -0.39 is 0 Å². The summed E-state index contributed by atoms with van der Waals surface area (Å²) < 4.78 is 5.11. The molecule has 15 heavy (non-hydrogen) atoms. The lowest BCUT2D eigenvalue weighted by atomic mass is 10.2. The highest BCUT2D eigenvalue weighted by atomic mass is 32.2. The lowest BCUT2D eigenvalue weighted by Crippen LogP contribution is -2.15. The van der Waals surface area contributed by atoms with Crippen LogP contribution >= 0.6 is 11.8 Å². The highest BCUT2D eigenvalue weighted by Gasteiger charge is 2.09. The Labute approximate surface area is 95.0 Å². The number of rotatable bonds is 6. The number of nitrogens with two attached hydrogens (primary N) is 1. The fraction of sp³-hybridized carbons (Fsp3) is 0.800. The number of hydrogen-bond acceptors (Lipinski definition) is 5. The third-order valence-electron chi connectivity index (χ3n) is 1.93. The average molecular weight is 229 g/mol. The first kappa shape index (κ1) is 12.5. The fourth-order valence-corrected chi connectivity index (χ4v) is 1.98. The number of hydrogen-bond donors (Lipinski definition) is 1. The first-order chi connectivity index (χ1) is 7.09. The van der Waals surface area contributed by atoms with E-state index in [1.54, 1.807) is 11.8 Å². The van der Waals surface area contributed by atoms with Crippen LogP contribution in [0.4, 0.5) is 0 Å². The first-order valence-corrected chi connectivity index (χ1v) is 6.41. The number of thioether (sulfide) groups is 1. The van der Waals surface area contributed by atoms with Crippen LogP contribution in [-0.2, 0) is 5.75 Å². The molecule has 2 N–H and O–H groups in total. The summed E-state index contributed by atoms with van der Waals surface area (Å²) in [6.45, 7) is 6.10. The number of aromatic nitrogens is 2. The molecule has 1 aromatic rings. The van der Waals surface area contributed by atoms with Crippen molar-refractivity contribution >= 4 is 11.8 Å².